The molecule has 4 rings (SSSR count). The lowest BCUT2D eigenvalue weighted by Gasteiger charge is -2.36. The zero-order valence-electron chi connectivity index (χ0n) is 15.1. The lowest BCUT2D eigenvalue weighted by Crippen LogP contribution is -2.30. The Labute approximate surface area is 152 Å². The molecule has 0 saturated heterocycles. The van der Waals surface area contributed by atoms with Gasteiger partial charge in [0.25, 0.3) is 0 Å². The molecule has 0 unspecified atom stereocenters. The lowest BCUT2D eigenvalue weighted by molar-refractivity contribution is 0.0693. The van der Waals surface area contributed by atoms with E-state index in [1.54, 1.807) is 13.0 Å². The van der Waals surface area contributed by atoms with E-state index in [1.807, 2.05) is 18.2 Å². The third kappa shape index (κ3) is 2.25. The van der Waals surface area contributed by atoms with Crippen LogP contribution in [0.3, 0.4) is 0 Å². The van der Waals surface area contributed by atoms with E-state index in [0.717, 1.165) is 34.5 Å². The SMILES string of the molecule is Cc1c(O)c(C(=O)O)cc2c1-c1c(-c3ccccc3)ccn1CC2(C)C. The average Bonchev–Trinajstić information content (AvgIpc) is 3.00. The van der Waals surface area contributed by atoms with Crippen molar-refractivity contribution in [2.24, 2.45) is 0 Å². The number of aromatic carboxylic acids is 1. The fourth-order valence-corrected chi connectivity index (χ4v) is 4.05. The molecule has 2 heterocycles. The molecular weight excluding hydrogens is 326 g/mol. The first-order valence-electron chi connectivity index (χ1n) is 8.66. The lowest BCUT2D eigenvalue weighted by atomic mass is 9.75. The van der Waals surface area contributed by atoms with E-state index in [4.69, 9.17) is 0 Å². The number of aromatic hydroxyl groups is 1. The summed E-state index contributed by atoms with van der Waals surface area (Å²) in [5.74, 6) is -1.26. The fraction of sp³-hybridized carbons (Fsp3) is 0.227. The Bertz CT molecular complexity index is 1030. The van der Waals surface area contributed by atoms with Crippen LogP contribution in [0.4, 0.5) is 0 Å². The van der Waals surface area contributed by atoms with E-state index in [2.05, 4.69) is 42.8 Å². The summed E-state index contributed by atoms with van der Waals surface area (Å²) in [6.07, 6.45) is 2.07. The van der Waals surface area contributed by atoms with Gasteiger partial charge in [0.05, 0.1) is 5.69 Å². The molecule has 4 heteroatoms. The van der Waals surface area contributed by atoms with E-state index < -0.39 is 5.97 Å². The Hall–Kier alpha value is -3.01. The predicted octanol–water partition coefficient (Wildman–Crippen LogP) is 4.83. The molecule has 0 atom stereocenters. The molecule has 0 saturated carbocycles. The van der Waals surface area contributed by atoms with Crippen LogP contribution in [0.2, 0.25) is 0 Å². The number of carbonyl (C=O) groups is 1. The average molecular weight is 347 g/mol. The van der Waals surface area contributed by atoms with E-state index in [0.29, 0.717) is 5.56 Å². The van der Waals surface area contributed by atoms with Gasteiger partial charge < -0.3 is 14.8 Å². The minimum atomic E-state index is -1.10. The number of benzene rings is 2. The highest BCUT2D eigenvalue weighted by molar-refractivity contribution is 5.95. The summed E-state index contributed by atoms with van der Waals surface area (Å²) in [7, 11) is 0. The van der Waals surface area contributed by atoms with E-state index in [1.165, 1.54) is 0 Å². The first kappa shape index (κ1) is 16.5. The zero-order chi connectivity index (χ0) is 18.6. The molecule has 1 aliphatic heterocycles. The first-order valence-corrected chi connectivity index (χ1v) is 8.66. The van der Waals surface area contributed by atoms with Crippen molar-refractivity contribution in [1.29, 1.82) is 0 Å². The van der Waals surface area contributed by atoms with Gasteiger partial charge in [0, 0.05) is 34.8 Å². The maximum Gasteiger partial charge on any atom is 0.339 e. The van der Waals surface area contributed by atoms with Crippen molar-refractivity contribution < 1.29 is 15.0 Å². The number of aromatic nitrogens is 1. The first-order chi connectivity index (χ1) is 12.3. The van der Waals surface area contributed by atoms with Gasteiger partial charge in [0.1, 0.15) is 11.3 Å². The van der Waals surface area contributed by atoms with Crippen molar-refractivity contribution >= 4 is 5.97 Å². The second-order valence-electron chi connectivity index (χ2n) is 7.58. The normalized spacial score (nSPS) is 14.6. The number of hydrogen-bond acceptors (Lipinski definition) is 2. The third-order valence-electron chi connectivity index (χ3n) is 5.35. The Morgan fingerprint density at radius 1 is 1.15 bits per heavy atom. The van der Waals surface area contributed by atoms with Crippen LogP contribution in [0.15, 0.2) is 48.7 Å². The number of phenols is 1. The second-order valence-corrected chi connectivity index (χ2v) is 7.58. The second kappa shape index (κ2) is 5.49. The number of carboxylic acids is 1. The van der Waals surface area contributed by atoms with E-state index in [-0.39, 0.29) is 16.7 Å². The molecule has 0 spiro atoms. The summed E-state index contributed by atoms with van der Waals surface area (Å²) in [6.45, 7) is 6.78. The molecule has 0 amide bonds. The van der Waals surface area contributed by atoms with Crippen LogP contribution in [0, 0.1) is 6.92 Å². The van der Waals surface area contributed by atoms with Gasteiger partial charge in [0.15, 0.2) is 0 Å². The van der Waals surface area contributed by atoms with Crippen molar-refractivity contribution in [2.45, 2.75) is 32.7 Å². The third-order valence-corrected chi connectivity index (χ3v) is 5.35. The molecule has 1 aliphatic rings. The molecule has 1 aromatic heterocycles. The van der Waals surface area contributed by atoms with Crippen LogP contribution in [0.25, 0.3) is 22.4 Å². The monoisotopic (exact) mass is 347 g/mol. The minimum absolute atomic E-state index is 0.0319. The maximum atomic E-state index is 11.6. The highest BCUT2D eigenvalue weighted by Gasteiger charge is 2.36. The van der Waals surface area contributed by atoms with Gasteiger partial charge in [-0.05, 0) is 30.2 Å². The highest BCUT2D eigenvalue weighted by Crippen LogP contribution is 2.48. The predicted molar refractivity (Wildman–Crippen MR) is 102 cm³/mol. The number of carboxylic acid groups (broad SMARTS) is 1. The zero-order valence-corrected chi connectivity index (χ0v) is 15.1. The molecule has 3 aromatic rings. The van der Waals surface area contributed by atoms with E-state index in [9.17, 15) is 15.0 Å². The van der Waals surface area contributed by atoms with Gasteiger partial charge in [-0.2, -0.15) is 0 Å². The molecule has 0 radical (unpaired) electrons. The molecule has 0 bridgehead atoms. The van der Waals surface area contributed by atoms with Crippen molar-refractivity contribution in [3.8, 4) is 28.1 Å². The van der Waals surface area contributed by atoms with Crippen LogP contribution in [-0.4, -0.2) is 20.7 Å². The summed E-state index contributed by atoms with van der Waals surface area (Å²) in [5, 5.41) is 20.0. The van der Waals surface area contributed by atoms with Crippen molar-refractivity contribution in [3.05, 3.63) is 65.4 Å². The fourth-order valence-electron chi connectivity index (χ4n) is 4.05. The Morgan fingerprint density at radius 3 is 2.50 bits per heavy atom. The molecule has 0 aliphatic carbocycles. The Balaban J connectivity index is 2.07. The van der Waals surface area contributed by atoms with Crippen LogP contribution in [0.5, 0.6) is 5.75 Å². The van der Waals surface area contributed by atoms with Gasteiger partial charge in [-0.25, -0.2) is 4.79 Å². The number of hydrogen-bond donors (Lipinski definition) is 2. The summed E-state index contributed by atoms with van der Waals surface area (Å²) in [5.41, 5.74) is 5.48. The summed E-state index contributed by atoms with van der Waals surface area (Å²) < 4.78 is 2.21. The van der Waals surface area contributed by atoms with E-state index >= 15 is 0 Å². The summed E-state index contributed by atoms with van der Waals surface area (Å²) >= 11 is 0. The summed E-state index contributed by atoms with van der Waals surface area (Å²) in [6, 6.07) is 13.9. The Morgan fingerprint density at radius 2 is 1.85 bits per heavy atom. The maximum absolute atomic E-state index is 11.6. The number of fused-ring (bicyclic) bond motifs is 3. The molecule has 2 N–H and O–H groups in total. The van der Waals surface area contributed by atoms with Crippen LogP contribution >= 0.6 is 0 Å². The van der Waals surface area contributed by atoms with Crippen LogP contribution in [-0.2, 0) is 12.0 Å². The van der Waals surface area contributed by atoms with Crippen molar-refractivity contribution in [3.63, 3.8) is 0 Å². The van der Waals surface area contributed by atoms with Crippen LogP contribution in [0.1, 0.15) is 35.3 Å². The minimum Gasteiger partial charge on any atom is -0.507 e. The standard InChI is InChI=1S/C22H21NO3/c1-13-18-17(11-16(20(13)24)21(25)26)22(2,3)12-23-10-9-15(19(18)23)14-7-5-4-6-8-14/h4-11,24H,12H2,1-3H3,(H,25,26). The number of rotatable bonds is 2. The molecule has 0 fully saturated rings. The molecule has 2 aromatic carbocycles. The van der Waals surface area contributed by atoms with Gasteiger partial charge in [0.2, 0.25) is 0 Å². The van der Waals surface area contributed by atoms with Gasteiger partial charge in [-0.1, -0.05) is 44.2 Å². The van der Waals surface area contributed by atoms with Gasteiger partial charge in [-0.3, -0.25) is 0 Å². The summed E-state index contributed by atoms with van der Waals surface area (Å²) in [4.78, 5) is 11.6. The van der Waals surface area contributed by atoms with Crippen molar-refractivity contribution in [2.75, 3.05) is 0 Å². The largest absolute Gasteiger partial charge is 0.507 e. The quantitative estimate of drug-likeness (QED) is 0.698. The molecule has 4 nitrogen and oxygen atoms in total. The highest BCUT2D eigenvalue weighted by atomic mass is 16.4. The van der Waals surface area contributed by atoms with Gasteiger partial charge in [-0.15, -0.1) is 0 Å². The topological polar surface area (TPSA) is 62.5 Å². The van der Waals surface area contributed by atoms with Crippen LogP contribution < -0.4 is 0 Å². The Kier molecular flexibility index (Phi) is 3.48. The van der Waals surface area contributed by atoms with Crippen molar-refractivity contribution in [1.82, 2.24) is 4.57 Å². The molecular formula is C22H21NO3. The molecule has 26 heavy (non-hydrogen) atoms. The molecule has 132 valence electrons. The van der Waals surface area contributed by atoms with Gasteiger partial charge >= 0.3 is 5.97 Å². The smallest absolute Gasteiger partial charge is 0.339 e. The number of nitrogens with zero attached hydrogens (tertiary/aromatic N) is 1.